The average Bonchev–Trinajstić information content (AvgIpc) is 3.67. The Morgan fingerprint density at radius 2 is 1.24 bits per heavy atom. The molecule has 1 aromatic heterocycles. The molecular formula is C52H44N2. The van der Waals surface area contributed by atoms with Gasteiger partial charge in [-0.3, -0.25) is 0 Å². The highest BCUT2D eigenvalue weighted by molar-refractivity contribution is 6.12. The van der Waals surface area contributed by atoms with Gasteiger partial charge in [0, 0.05) is 27.6 Å². The van der Waals surface area contributed by atoms with Gasteiger partial charge in [0.25, 0.3) is 0 Å². The van der Waals surface area contributed by atoms with Gasteiger partial charge in [0.15, 0.2) is 0 Å². The first-order chi connectivity index (χ1) is 26.6. The van der Waals surface area contributed by atoms with Crippen LogP contribution in [0.3, 0.4) is 0 Å². The van der Waals surface area contributed by atoms with E-state index in [4.69, 9.17) is 0 Å². The molecule has 0 amide bonds. The van der Waals surface area contributed by atoms with Crippen molar-refractivity contribution >= 4 is 44.5 Å². The van der Waals surface area contributed by atoms with E-state index in [1.807, 2.05) is 0 Å². The van der Waals surface area contributed by atoms with E-state index in [1.54, 1.807) is 5.57 Å². The summed E-state index contributed by atoms with van der Waals surface area (Å²) in [5.74, 6) is 0. The van der Waals surface area contributed by atoms with Gasteiger partial charge in [-0.25, -0.2) is 0 Å². The first-order valence-corrected chi connectivity index (χ1v) is 19.9. The second kappa shape index (κ2) is 11.8. The van der Waals surface area contributed by atoms with Crippen LogP contribution in [-0.4, -0.2) is 4.57 Å². The Labute approximate surface area is 318 Å². The van der Waals surface area contributed by atoms with Gasteiger partial charge in [0.2, 0.25) is 0 Å². The summed E-state index contributed by atoms with van der Waals surface area (Å²) in [7, 11) is 0. The van der Waals surface area contributed by atoms with Crippen molar-refractivity contribution in [3.8, 4) is 0 Å². The van der Waals surface area contributed by atoms with Crippen molar-refractivity contribution in [2.75, 3.05) is 4.90 Å². The molecule has 2 heteroatoms. The van der Waals surface area contributed by atoms with E-state index in [-0.39, 0.29) is 5.41 Å². The third-order valence-corrected chi connectivity index (χ3v) is 13.1. The number of hydrogen-bond acceptors (Lipinski definition) is 1. The molecule has 0 saturated heterocycles. The largest absolute Gasteiger partial charge is 0.314 e. The maximum Gasteiger partial charge on any atom is 0.0739 e. The maximum absolute atomic E-state index is 2.57. The van der Waals surface area contributed by atoms with Gasteiger partial charge in [0.1, 0.15) is 0 Å². The second-order valence-corrected chi connectivity index (χ2v) is 16.2. The van der Waals surface area contributed by atoms with Crippen molar-refractivity contribution in [3.05, 3.63) is 202 Å². The zero-order valence-electron chi connectivity index (χ0n) is 31.1. The molecule has 0 radical (unpaired) electrons. The van der Waals surface area contributed by atoms with E-state index in [2.05, 4.69) is 181 Å². The Morgan fingerprint density at radius 3 is 1.98 bits per heavy atom. The molecule has 5 aromatic carbocycles. The topological polar surface area (TPSA) is 8.17 Å². The molecule has 2 heterocycles. The minimum absolute atomic E-state index is 0.0341. The van der Waals surface area contributed by atoms with Gasteiger partial charge in [0.05, 0.1) is 27.8 Å². The van der Waals surface area contributed by atoms with Gasteiger partial charge in [-0.05, 0) is 120 Å². The van der Waals surface area contributed by atoms with Crippen molar-refractivity contribution in [2.24, 2.45) is 0 Å². The van der Waals surface area contributed by atoms with Crippen molar-refractivity contribution in [1.82, 2.24) is 4.57 Å². The van der Waals surface area contributed by atoms with Crippen LogP contribution in [-0.2, 0) is 10.8 Å². The normalized spacial score (nSPS) is 19.2. The number of benzene rings is 5. The van der Waals surface area contributed by atoms with Crippen molar-refractivity contribution in [2.45, 2.75) is 63.2 Å². The number of para-hydroxylation sites is 3. The molecule has 11 rings (SSSR count). The third-order valence-electron chi connectivity index (χ3n) is 13.1. The molecule has 0 N–H and O–H groups in total. The number of fused-ring (bicyclic) bond motifs is 7. The molecule has 0 atom stereocenters. The van der Waals surface area contributed by atoms with E-state index in [0.29, 0.717) is 0 Å². The Hall–Kier alpha value is -5.86. The summed E-state index contributed by atoms with van der Waals surface area (Å²) in [5, 5.41) is 2.69. The lowest BCUT2D eigenvalue weighted by Gasteiger charge is -2.48. The summed E-state index contributed by atoms with van der Waals surface area (Å²) in [6.07, 6.45) is 23.1. The number of hydrogen-bond donors (Lipinski definition) is 0. The van der Waals surface area contributed by atoms with Crippen LogP contribution in [0.1, 0.15) is 80.2 Å². The van der Waals surface area contributed by atoms with E-state index in [0.717, 1.165) is 38.5 Å². The Kier molecular flexibility index (Phi) is 6.93. The first kappa shape index (κ1) is 31.6. The lowest BCUT2D eigenvalue weighted by Crippen LogP contribution is -2.39. The summed E-state index contributed by atoms with van der Waals surface area (Å²) in [6.45, 7) is 4.87. The average molecular weight is 697 g/mol. The minimum Gasteiger partial charge on any atom is -0.314 e. The van der Waals surface area contributed by atoms with Gasteiger partial charge in [-0.2, -0.15) is 0 Å². The van der Waals surface area contributed by atoms with Crippen LogP contribution in [0.4, 0.5) is 11.4 Å². The standard InChI is InChI=1S/C52H44N2/c1-51(2)43-23-11-9-21-39(43)41-33-42-40-22-10-14-26-47(40)53(50(42)34-46(41)51)37-29-31-38(32-30-37)54-48-27-15-12-24-44(48)52(35-17-5-3-6-18-35,36-19-7-4-8-20-36)45-25-13-16-28-49(45)54/h3,5-7,9-10,12-22,24-29,31,33-34H,4,8,11,23,30,32H2,1-2H3. The highest BCUT2D eigenvalue weighted by atomic mass is 15.2. The van der Waals surface area contributed by atoms with Crippen molar-refractivity contribution < 1.29 is 0 Å². The number of rotatable bonds is 4. The van der Waals surface area contributed by atoms with Gasteiger partial charge < -0.3 is 9.47 Å². The van der Waals surface area contributed by atoms with E-state index in [1.165, 1.54) is 83.5 Å². The highest BCUT2D eigenvalue weighted by Gasteiger charge is 2.47. The fraction of sp³-hybridized carbons (Fsp3) is 0.192. The molecule has 262 valence electrons. The predicted molar refractivity (Wildman–Crippen MR) is 227 cm³/mol. The summed E-state index contributed by atoms with van der Waals surface area (Å²) in [6, 6.07) is 43.6. The van der Waals surface area contributed by atoms with Crippen molar-refractivity contribution in [3.63, 3.8) is 0 Å². The quantitative estimate of drug-likeness (QED) is 0.178. The molecule has 6 aromatic rings. The van der Waals surface area contributed by atoms with Gasteiger partial charge in [-0.15, -0.1) is 0 Å². The Balaban J connectivity index is 1.08. The number of anilines is 2. The zero-order valence-corrected chi connectivity index (χ0v) is 31.1. The third kappa shape index (κ3) is 4.28. The molecule has 0 spiro atoms. The molecular weight excluding hydrogens is 653 g/mol. The molecule has 0 saturated carbocycles. The lowest BCUT2D eigenvalue weighted by atomic mass is 9.61. The van der Waals surface area contributed by atoms with Crippen LogP contribution in [0.25, 0.3) is 33.1 Å². The second-order valence-electron chi connectivity index (χ2n) is 16.2. The SMILES string of the molecule is CC1(C)C2=C(C=CCC2)c2cc3c4ccccc4n(C4=CC=C(N5c6ccccc6C(C6=CCCC=C6)(c6ccccc6)c6ccccc65)CC4)c3cc21. The maximum atomic E-state index is 2.57. The molecule has 54 heavy (non-hydrogen) atoms. The van der Waals surface area contributed by atoms with Crippen LogP contribution in [0.5, 0.6) is 0 Å². The van der Waals surface area contributed by atoms with Gasteiger partial charge in [-0.1, -0.05) is 135 Å². The molecule has 0 unspecified atom stereocenters. The van der Waals surface area contributed by atoms with Crippen LogP contribution >= 0.6 is 0 Å². The zero-order chi connectivity index (χ0) is 36.0. The molecule has 2 nitrogen and oxygen atoms in total. The van der Waals surface area contributed by atoms with Crippen LogP contribution in [0.15, 0.2) is 175 Å². The fourth-order valence-electron chi connectivity index (χ4n) is 10.7. The van der Waals surface area contributed by atoms with Crippen LogP contribution in [0.2, 0.25) is 0 Å². The van der Waals surface area contributed by atoms with Crippen LogP contribution < -0.4 is 4.90 Å². The summed E-state index contributed by atoms with van der Waals surface area (Å²) in [4.78, 5) is 2.57. The summed E-state index contributed by atoms with van der Waals surface area (Å²) < 4.78 is 2.57. The first-order valence-electron chi connectivity index (χ1n) is 19.9. The number of nitrogens with zero attached hydrogens (tertiary/aromatic N) is 2. The smallest absolute Gasteiger partial charge is 0.0739 e. The van der Waals surface area contributed by atoms with E-state index < -0.39 is 5.41 Å². The predicted octanol–water partition coefficient (Wildman–Crippen LogP) is 13.5. The summed E-state index contributed by atoms with van der Waals surface area (Å²) >= 11 is 0. The number of aromatic nitrogens is 1. The molecule has 0 bridgehead atoms. The summed E-state index contributed by atoms with van der Waals surface area (Å²) in [5.41, 5.74) is 18.8. The van der Waals surface area contributed by atoms with E-state index in [9.17, 15) is 0 Å². The Bertz CT molecular complexity index is 2690. The van der Waals surface area contributed by atoms with E-state index >= 15 is 0 Å². The Morgan fingerprint density at radius 1 is 0.556 bits per heavy atom. The monoisotopic (exact) mass is 696 g/mol. The lowest BCUT2D eigenvalue weighted by molar-refractivity contribution is 0.608. The van der Waals surface area contributed by atoms with Crippen molar-refractivity contribution in [1.29, 1.82) is 0 Å². The molecule has 4 aliphatic carbocycles. The van der Waals surface area contributed by atoms with Crippen LogP contribution in [0, 0.1) is 0 Å². The molecule has 5 aliphatic rings. The fourth-order valence-corrected chi connectivity index (χ4v) is 10.7. The highest BCUT2D eigenvalue weighted by Crippen LogP contribution is 2.58. The number of allylic oxidation sites excluding steroid dienone is 12. The van der Waals surface area contributed by atoms with Gasteiger partial charge >= 0.3 is 0 Å². The molecule has 1 aliphatic heterocycles. The molecule has 0 fully saturated rings. The minimum atomic E-state index is -0.404.